The van der Waals surface area contributed by atoms with E-state index in [1.165, 1.54) is 6.08 Å². The summed E-state index contributed by atoms with van der Waals surface area (Å²) in [5.74, 6) is 2.91. The first kappa shape index (κ1) is 16.7. The molecule has 2 rings (SSSR count). The van der Waals surface area contributed by atoms with Crippen molar-refractivity contribution < 1.29 is 23.4 Å². The maximum absolute atomic E-state index is 12.3. The Labute approximate surface area is 135 Å². The molecule has 23 heavy (non-hydrogen) atoms. The second kappa shape index (κ2) is 7.05. The summed E-state index contributed by atoms with van der Waals surface area (Å²) < 4.78 is 21.2. The molecule has 1 heterocycles. The summed E-state index contributed by atoms with van der Waals surface area (Å²) in [6.45, 7) is 3.58. The van der Waals surface area contributed by atoms with Gasteiger partial charge in [-0.3, -0.25) is 4.79 Å². The second-order valence-electron chi connectivity index (χ2n) is 4.97. The first-order chi connectivity index (χ1) is 11.0. The number of benzene rings is 1. The lowest BCUT2D eigenvalue weighted by Gasteiger charge is -2.12. The van der Waals surface area contributed by atoms with Gasteiger partial charge in [0.25, 0.3) is 0 Å². The third kappa shape index (κ3) is 3.56. The fourth-order valence-corrected chi connectivity index (χ4v) is 2.31. The molecule has 0 N–H and O–H groups in total. The van der Waals surface area contributed by atoms with Crippen LogP contribution in [0.3, 0.4) is 0 Å². The highest BCUT2D eigenvalue weighted by Gasteiger charge is 2.13. The highest BCUT2D eigenvalue weighted by Crippen LogP contribution is 2.35. The zero-order valence-electron chi connectivity index (χ0n) is 13.9. The number of allylic oxidation sites excluding steroid dienone is 1. The van der Waals surface area contributed by atoms with Crippen LogP contribution in [0.2, 0.25) is 0 Å². The van der Waals surface area contributed by atoms with E-state index in [9.17, 15) is 4.79 Å². The van der Waals surface area contributed by atoms with Gasteiger partial charge in [0.2, 0.25) is 0 Å². The van der Waals surface area contributed by atoms with Gasteiger partial charge in [-0.1, -0.05) is 0 Å². The molecule has 0 saturated heterocycles. The largest absolute Gasteiger partial charge is 0.496 e. The lowest BCUT2D eigenvalue weighted by Crippen LogP contribution is -1.96. The molecule has 0 aliphatic rings. The fourth-order valence-electron chi connectivity index (χ4n) is 2.31. The molecule has 5 heteroatoms. The maximum atomic E-state index is 12.3. The second-order valence-corrected chi connectivity index (χ2v) is 4.97. The van der Waals surface area contributed by atoms with E-state index in [1.807, 2.05) is 6.92 Å². The highest BCUT2D eigenvalue weighted by atomic mass is 16.5. The highest BCUT2D eigenvalue weighted by molar-refractivity contribution is 6.07. The normalized spacial score (nSPS) is 10.8. The minimum Gasteiger partial charge on any atom is -0.496 e. The van der Waals surface area contributed by atoms with Gasteiger partial charge >= 0.3 is 0 Å². The Bertz CT molecular complexity index is 740. The summed E-state index contributed by atoms with van der Waals surface area (Å²) in [5.41, 5.74) is 1.27. The molecular weight excluding hydrogens is 296 g/mol. The Morgan fingerprint density at radius 3 is 2.09 bits per heavy atom. The van der Waals surface area contributed by atoms with E-state index in [2.05, 4.69) is 0 Å². The van der Waals surface area contributed by atoms with Gasteiger partial charge in [0.1, 0.15) is 17.3 Å². The summed E-state index contributed by atoms with van der Waals surface area (Å²) in [4.78, 5) is 12.3. The number of carbonyl (C=O) groups is 1. The van der Waals surface area contributed by atoms with Crippen molar-refractivity contribution in [2.24, 2.45) is 0 Å². The minimum atomic E-state index is -0.129. The Morgan fingerprint density at radius 1 is 0.957 bits per heavy atom. The quantitative estimate of drug-likeness (QED) is 0.599. The number of carbonyl (C=O) groups excluding carboxylic acids is 1. The molecular formula is C18H20O5. The third-order valence-corrected chi connectivity index (χ3v) is 3.46. The van der Waals surface area contributed by atoms with E-state index in [0.29, 0.717) is 34.3 Å². The van der Waals surface area contributed by atoms with Crippen molar-refractivity contribution in [3.05, 3.63) is 46.9 Å². The molecule has 0 spiro atoms. The van der Waals surface area contributed by atoms with E-state index >= 15 is 0 Å². The van der Waals surface area contributed by atoms with E-state index in [-0.39, 0.29) is 5.78 Å². The molecule has 0 atom stereocenters. The molecule has 1 aromatic heterocycles. The number of furan rings is 1. The van der Waals surface area contributed by atoms with Crippen molar-refractivity contribution in [3.63, 3.8) is 0 Å². The number of aryl methyl sites for hydroxylation is 2. The summed E-state index contributed by atoms with van der Waals surface area (Å²) in [7, 11) is 4.67. The molecule has 0 amide bonds. The van der Waals surface area contributed by atoms with Crippen molar-refractivity contribution in [1.29, 1.82) is 0 Å². The lowest BCUT2D eigenvalue weighted by molar-refractivity contribution is 0.104. The third-order valence-electron chi connectivity index (χ3n) is 3.46. The minimum absolute atomic E-state index is 0.129. The topological polar surface area (TPSA) is 57.9 Å². The van der Waals surface area contributed by atoms with Crippen LogP contribution >= 0.6 is 0 Å². The Kier molecular flexibility index (Phi) is 5.11. The summed E-state index contributed by atoms with van der Waals surface area (Å²) >= 11 is 0. The Hall–Kier alpha value is -2.69. The molecule has 2 aromatic rings. The zero-order valence-corrected chi connectivity index (χ0v) is 13.9. The van der Waals surface area contributed by atoms with Crippen molar-refractivity contribution in [2.75, 3.05) is 21.3 Å². The lowest BCUT2D eigenvalue weighted by atomic mass is 10.1. The molecule has 0 aliphatic heterocycles. The van der Waals surface area contributed by atoms with Crippen LogP contribution in [0.1, 0.15) is 27.4 Å². The van der Waals surface area contributed by atoms with Crippen LogP contribution in [0.4, 0.5) is 0 Å². The SMILES string of the molecule is COc1cc(OC)c(OC)cc1/C=C/C(=O)c1cc(C)oc1C. The number of hydrogen-bond donors (Lipinski definition) is 0. The summed E-state index contributed by atoms with van der Waals surface area (Å²) in [6.07, 6.45) is 3.17. The van der Waals surface area contributed by atoms with Crippen LogP contribution < -0.4 is 14.2 Å². The van der Waals surface area contributed by atoms with Crippen molar-refractivity contribution in [1.82, 2.24) is 0 Å². The van der Waals surface area contributed by atoms with E-state index in [1.54, 1.807) is 52.5 Å². The number of hydrogen-bond acceptors (Lipinski definition) is 5. The molecule has 0 bridgehead atoms. The average molecular weight is 316 g/mol. The monoisotopic (exact) mass is 316 g/mol. The number of rotatable bonds is 6. The zero-order chi connectivity index (χ0) is 17.0. The molecule has 0 aliphatic carbocycles. The van der Waals surface area contributed by atoms with Crippen LogP contribution in [-0.4, -0.2) is 27.1 Å². The van der Waals surface area contributed by atoms with Crippen molar-refractivity contribution in [3.8, 4) is 17.2 Å². The van der Waals surface area contributed by atoms with Gasteiger partial charge in [0.15, 0.2) is 17.3 Å². The van der Waals surface area contributed by atoms with Crippen molar-refractivity contribution >= 4 is 11.9 Å². The van der Waals surface area contributed by atoms with Crippen LogP contribution in [0.5, 0.6) is 17.2 Å². The Balaban J connectivity index is 2.34. The predicted molar refractivity (Wildman–Crippen MR) is 87.6 cm³/mol. The van der Waals surface area contributed by atoms with E-state index in [4.69, 9.17) is 18.6 Å². The van der Waals surface area contributed by atoms with E-state index < -0.39 is 0 Å². The number of ketones is 1. The molecule has 5 nitrogen and oxygen atoms in total. The molecule has 0 unspecified atom stereocenters. The van der Waals surface area contributed by atoms with Crippen LogP contribution in [0.15, 0.2) is 28.7 Å². The fraction of sp³-hybridized carbons (Fsp3) is 0.278. The van der Waals surface area contributed by atoms with Gasteiger partial charge in [0, 0.05) is 11.6 Å². The molecule has 0 saturated carbocycles. The smallest absolute Gasteiger partial charge is 0.189 e. The van der Waals surface area contributed by atoms with Gasteiger partial charge in [-0.2, -0.15) is 0 Å². The van der Waals surface area contributed by atoms with Crippen LogP contribution in [0, 0.1) is 13.8 Å². The molecule has 0 fully saturated rings. The van der Waals surface area contributed by atoms with E-state index in [0.717, 1.165) is 5.56 Å². The van der Waals surface area contributed by atoms with Crippen LogP contribution in [-0.2, 0) is 0 Å². The standard InChI is InChI=1S/C18H20O5/c1-11-8-14(12(2)23-11)15(19)7-6-13-9-17(21-4)18(22-5)10-16(13)20-3/h6-10H,1-5H3/b7-6+. The van der Waals surface area contributed by atoms with Gasteiger partial charge in [-0.05, 0) is 38.1 Å². The predicted octanol–water partition coefficient (Wildman–Crippen LogP) is 3.82. The molecule has 0 radical (unpaired) electrons. The molecule has 122 valence electrons. The van der Waals surface area contributed by atoms with Gasteiger partial charge in [-0.15, -0.1) is 0 Å². The molecule has 1 aromatic carbocycles. The Morgan fingerprint density at radius 2 is 1.57 bits per heavy atom. The summed E-state index contributed by atoms with van der Waals surface area (Å²) in [6, 6.07) is 5.21. The van der Waals surface area contributed by atoms with Crippen molar-refractivity contribution in [2.45, 2.75) is 13.8 Å². The summed E-state index contributed by atoms with van der Waals surface area (Å²) in [5, 5.41) is 0. The number of ether oxygens (including phenoxy) is 3. The van der Waals surface area contributed by atoms with Gasteiger partial charge < -0.3 is 18.6 Å². The first-order valence-electron chi connectivity index (χ1n) is 7.09. The van der Waals surface area contributed by atoms with Gasteiger partial charge in [-0.25, -0.2) is 0 Å². The average Bonchev–Trinajstić information content (AvgIpc) is 2.90. The maximum Gasteiger partial charge on any atom is 0.189 e. The van der Waals surface area contributed by atoms with Gasteiger partial charge in [0.05, 0.1) is 26.9 Å². The number of methoxy groups -OCH3 is 3. The van der Waals surface area contributed by atoms with Crippen LogP contribution in [0.25, 0.3) is 6.08 Å². The first-order valence-corrected chi connectivity index (χ1v) is 7.09.